The van der Waals surface area contributed by atoms with E-state index in [0.717, 1.165) is 24.5 Å². The minimum absolute atomic E-state index is 0.483. The van der Waals surface area contributed by atoms with Crippen LogP contribution in [0, 0.1) is 5.41 Å². The molecule has 0 saturated heterocycles. The van der Waals surface area contributed by atoms with E-state index < -0.39 is 0 Å². The minimum Gasteiger partial charge on any atom is -0.308 e. The number of hydrogen-bond donors (Lipinski definition) is 2. The molecular weight excluding hydrogens is 260 g/mol. The number of rotatable bonds is 2. The maximum absolute atomic E-state index is 5.73. The number of hydrazine groups is 1. The van der Waals surface area contributed by atoms with Gasteiger partial charge in [-0.05, 0) is 56.8 Å². The molecule has 0 atom stereocenters. The highest BCUT2D eigenvalue weighted by molar-refractivity contribution is 5.46. The summed E-state index contributed by atoms with van der Waals surface area (Å²) in [6, 6.07) is 0. The van der Waals surface area contributed by atoms with E-state index >= 15 is 0 Å². The van der Waals surface area contributed by atoms with E-state index in [1.165, 1.54) is 56.2 Å². The van der Waals surface area contributed by atoms with Crippen LogP contribution in [0.25, 0.3) is 0 Å². The Morgan fingerprint density at radius 2 is 1.76 bits per heavy atom. The predicted molar refractivity (Wildman–Crippen MR) is 86.1 cm³/mol. The normalized spacial score (nSPS) is 22.4. The molecule has 116 valence electrons. The second kappa shape index (κ2) is 5.91. The lowest BCUT2D eigenvalue weighted by Crippen LogP contribution is -2.23. The number of nitrogen functional groups attached to an aromatic ring is 1. The van der Waals surface area contributed by atoms with Crippen LogP contribution in [0.4, 0.5) is 5.82 Å². The van der Waals surface area contributed by atoms with Crippen molar-refractivity contribution in [1.29, 1.82) is 0 Å². The number of aryl methyl sites for hydroxylation is 1. The molecular formula is C17H28N4. The van der Waals surface area contributed by atoms with Crippen molar-refractivity contribution in [2.24, 2.45) is 11.3 Å². The van der Waals surface area contributed by atoms with Crippen molar-refractivity contribution in [2.75, 3.05) is 5.43 Å². The van der Waals surface area contributed by atoms with E-state index in [4.69, 9.17) is 15.8 Å². The lowest BCUT2D eigenvalue weighted by molar-refractivity contribution is 0.220. The lowest BCUT2D eigenvalue weighted by atomic mass is 9.73. The summed E-state index contributed by atoms with van der Waals surface area (Å²) in [4.78, 5) is 9.72. The van der Waals surface area contributed by atoms with Crippen LogP contribution in [-0.4, -0.2) is 9.97 Å². The van der Waals surface area contributed by atoms with Gasteiger partial charge in [0, 0.05) is 17.2 Å². The van der Waals surface area contributed by atoms with Crippen molar-refractivity contribution in [3.63, 3.8) is 0 Å². The number of nitrogens with zero attached hydrogens (tertiary/aromatic N) is 2. The van der Waals surface area contributed by atoms with E-state index in [-0.39, 0.29) is 0 Å². The van der Waals surface area contributed by atoms with Crippen molar-refractivity contribution in [1.82, 2.24) is 9.97 Å². The molecule has 2 aliphatic carbocycles. The Balaban J connectivity index is 1.88. The fourth-order valence-electron chi connectivity index (χ4n) is 3.75. The highest BCUT2D eigenvalue weighted by atomic mass is 15.3. The number of aromatic nitrogens is 2. The minimum atomic E-state index is 0.483. The zero-order valence-electron chi connectivity index (χ0n) is 13.4. The molecule has 3 rings (SSSR count). The van der Waals surface area contributed by atoms with Gasteiger partial charge in [0.25, 0.3) is 0 Å². The molecule has 1 heterocycles. The first-order valence-corrected chi connectivity index (χ1v) is 8.45. The van der Waals surface area contributed by atoms with Crippen LogP contribution >= 0.6 is 0 Å². The quantitative estimate of drug-likeness (QED) is 0.494. The van der Waals surface area contributed by atoms with Crippen molar-refractivity contribution in [3.8, 4) is 0 Å². The van der Waals surface area contributed by atoms with Crippen molar-refractivity contribution >= 4 is 5.82 Å². The second-order valence-corrected chi connectivity index (χ2v) is 7.50. The maximum atomic E-state index is 5.73. The van der Waals surface area contributed by atoms with Gasteiger partial charge < -0.3 is 5.43 Å². The molecule has 4 nitrogen and oxygen atoms in total. The van der Waals surface area contributed by atoms with Crippen molar-refractivity contribution in [3.05, 3.63) is 17.1 Å². The highest BCUT2D eigenvalue weighted by Crippen LogP contribution is 2.42. The standard InChI is InChI=1S/C17H28N4/c1-17(2)10-8-12(9-11-17)15-19-14-7-5-3-4-6-13(14)16(20-15)21-18/h12H,3-11,18H2,1-2H3,(H,19,20,21). The van der Waals surface area contributed by atoms with Crippen LogP contribution in [0.2, 0.25) is 0 Å². The van der Waals surface area contributed by atoms with Gasteiger partial charge in [-0.3, -0.25) is 0 Å². The monoisotopic (exact) mass is 288 g/mol. The van der Waals surface area contributed by atoms with Crippen molar-refractivity contribution < 1.29 is 0 Å². The summed E-state index contributed by atoms with van der Waals surface area (Å²) >= 11 is 0. The Morgan fingerprint density at radius 3 is 2.48 bits per heavy atom. The average molecular weight is 288 g/mol. The zero-order valence-corrected chi connectivity index (χ0v) is 13.4. The van der Waals surface area contributed by atoms with Gasteiger partial charge in [0.05, 0.1) is 0 Å². The summed E-state index contributed by atoms with van der Waals surface area (Å²) in [5, 5.41) is 0. The SMILES string of the molecule is CC1(C)CCC(c2nc3c(c(NN)n2)CCCCC3)CC1. The van der Waals surface area contributed by atoms with Crippen LogP contribution in [0.5, 0.6) is 0 Å². The zero-order chi connectivity index (χ0) is 14.9. The molecule has 4 heteroatoms. The molecule has 0 amide bonds. The third kappa shape index (κ3) is 3.20. The Kier molecular flexibility index (Phi) is 4.16. The number of anilines is 1. The molecule has 1 aromatic heterocycles. The molecule has 21 heavy (non-hydrogen) atoms. The van der Waals surface area contributed by atoms with Gasteiger partial charge >= 0.3 is 0 Å². The number of nitrogens with one attached hydrogen (secondary N) is 1. The Hall–Kier alpha value is -1.16. The lowest BCUT2D eigenvalue weighted by Gasteiger charge is -2.33. The topological polar surface area (TPSA) is 63.8 Å². The largest absolute Gasteiger partial charge is 0.308 e. The molecule has 3 N–H and O–H groups in total. The van der Waals surface area contributed by atoms with Gasteiger partial charge in [0.1, 0.15) is 11.6 Å². The van der Waals surface area contributed by atoms with E-state index in [1.54, 1.807) is 0 Å². The molecule has 1 saturated carbocycles. The van der Waals surface area contributed by atoms with Gasteiger partial charge in [-0.15, -0.1) is 0 Å². The maximum Gasteiger partial charge on any atom is 0.147 e. The van der Waals surface area contributed by atoms with Crippen LogP contribution in [0.3, 0.4) is 0 Å². The fourth-order valence-corrected chi connectivity index (χ4v) is 3.75. The van der Waals surface area contributed by atoms with Crippen LogP contribution < -0.4 is 11.3 Å². The van der Waals surface area contributed by atoms with Gasteiger partial charge in [0.15, 0.2) is 0 Å². The number of fused-ring (bicyclic) bond motifs is 1. The van der Waals surface area contributed by atoms with Crippen LogP contribution in [-0.2, 0) is 12.8 Å². The van der Waals surface area contributed by atoms with E-state index in [9.17, 15) is 0 Å². The summed E-state index contributed by atoms with van der Waals surface area (Å²) in [6.07, 6.45) is 10.8. The van der Waals surface area contributed by atoms with Gasteiger partial charge in [-0.25, -0.2) is 15.8 Å². The van der Waals surface area contributed by atoms with Crippen LogP contribution in [0.1, 0.15) is 81.8 Å². The van der Waals surface area contributed by atoms with E-state index in [0.29, 0.717) is 11.3 Å². The predicted octanol–water partition coefficient (Wildman–Crippen LogP) is 3.71. The molecule has 0 unspecified atom stereocenters. The molecule has 1 fully saturated rings. The first-order chi connectivity index (χ1) is 10.1. The molecule has 0 radical (unpaired) electrons. The number of nitrogens with two attached hydrogens (primary N) is 1. The first kappa shape index (κ1) is 14.8. The smallest absolute Gasteiger partial charge is 0.147 e. The van der Waals surface area contributed by atoms with Crippen molar-refractivity contribution in [2.45, 2.75) is 77.6 Å². The molecule has 0 aromatic carbocycles. The van der Waals surface area contributed by atoms with Gasteiger partial charge in [-0.1, -0.05) is 20.3 Å². The Bertz CT molecular complexity index is 500. The molecule has 0 spiro atoms. The number of hydrogen-bond acceptors (Lipinski definition) is 4. The molecule has 1 aromatic rings. The Morgan fingerprint density at radius 1 is 1.05 bits per heavy atom. The third-order valence-electron chi connectivity index (χ3n) is 5.29. The summed E-state index contributed by atoms with van der Waals surface area (Å²) in [5.74, 6) is 8.14. The summed E-state index contributed by atoms with van der Waals surface area (Å²) < 4.78 is 0. The molecule has 0 aliphatic heterocycles. The van der Waals surface area contributed by atoms with E-state index in [2.05, 4.69) is 19.3 Å². The average Bonchev–Trinajstić information content (AvgIpc) is 2.71. The van der Waals surface area contributed by atoms with Gasteiger partial charge in [0.2, 0.25) is 0 Å². The van der Waals surface area contributed by atoms with Crippen LogP contribution in [0.15, 0.2) is 0 Å². The van der Waals surface area contributed by atoms with Gasteiger partial charge in [-0.2, -0.15) is 0 Å². The molecule has 0 bridgehead atoms. The summed E-state index contributed by atoms with van der Waals surface area (Å²) in [6.45, 7) is 4.74. The Labute approximate surface area is 127 Å². The fraction of sp³-hybridized carbons (Fsp3) is 0.765. The third-order valence-corrected chi connectivity index (χ3v) is 5.29. The molecule has 2 aliphatic rings. The summed E-state index contributed by atoms with van der Waals surface area (Å²) in [7, 11) is 0. The second-order valence-electron chi connectivity index (χ2n) is 7.50. The van der Waals surface area contributed by atoms with E-state index in [1.807, 2.05) is 0 Å². The summed E-state index contributed by atoms with van der Waals surface area (Å²) in [5.41, 5.74) is 5.82. The highest BCUT2D eigenvalue weighted by Gasteiger charge is 2.30. The first-order valence-electron chi connectivity index (χ1n) is 8.45.